The number of nitrogens with zero attached hydrogens (tertiary/aromatic N) is 1. The van der Waals surface area contributed by atoms with Crippen LogP contribution in [-0.4, -0.2) is 22.8 Å². The number of aromatic amines is 1. The summed E-state index contributed by atoms with van der Waals surface area (Å²) in [6.45, 7) is 3.82. The number of rotatable bonds is 4. The summed E-state index contributed by atoms with van der Waals surface area (Å²) in [4.78, 5) is 11.8. The van der Waals surface area contributed by atoms with Crippen LogP contribution >= 0.6 is 22.6 Å². The lowest BCUT2D eigenvalue weighted by atomic mass is 10.2. The van der Waals surface area contributed by atoms with Crippen molar-refractivity contribution in [2.45, 2.75) is 13.8 Å². The summed E-state index contributed by atoms with van der Waals surface area (Å²) >= 11 is 2.19. The van der Waals surface area contributed by atoms with Crippen LogP contribution in [0.4, 0.5) is 0 Å². The van der Waals surface area contributed by atoms with Gasteiger partial charge in [-0.15, -0.1) is 5.10 Å². The molecule has 0 saturated carbocycles. The first-order valence-corrected chi connectivity index (χ1v) is 6.85. The molecule has 0 spiro atoms. The standard InChI is InChI=1S/C13H13IN2O3/c1-3-18-13(17)11-8(2)15-16-12(11)19-10-6-4-5-9(14)7-10/h4-7H,3H2,1-2H3,(H,15,16). The summed E-state index contributed by atoms with van der Waals surface area (Å²) in [6, 6.07) is 7.50. The van der Waals surface area contributed by atoms with E-state index >= 15 is 0 Å². The molecule has 0 bridgehead atoms. The van der Waals surface area contributed by atoms with Gasteiger partial charge in [-0.25, -0.2) is 4.79 Å². The van der Waals surface area contributed by atoms with Crippen molar-refractivity contribution in [2.75, 3.05) is 6.61 Å². The van der Waals surface area contributed by atoms with Gasteiger partial charge in [-0.2, -0.15) is 0 Å². The van der Waals surface area contributed by atoms with Crippen LogP contribution in [-0.2, 0) is 4.74 Å². The Labute approximate surface area is 124 Å². The van der Waals surface area contributed by atoms with Gasteiger partial charge in [0.25, 0.3) is 5.88 Å². The molecule has 0 atom stereocenters. The average molecular weight is 372 g/mol. The molecule has 100 valence electrons. The fourth-order valence-corrected chi connectivity index (χ4v) is 2.08. The van der Waals surface area contributed by atoms with Crippen molar-refractivity contribution in [1.29, 1.82) is 0 Å². The van der Waals surface area contributed by atoms with E-state index in [-0.39, 0.29) is 5.88 Å². The third-order valence-corrected chi connectivity index (χ3v) is 3.08. The van der Waals surface area contributed by atoms with Crippen LogP contribution in [0.2, 0.25) is 0 Å². The highest BCUT2D eigenvalue weighted by Crippen LogP contribution is 2.26. The first-order chi connectivity index (χ1) is 9.11. The molecule has 19 heavy (non-hydrogen) atoms. The van der Waals surface area contributed by atoms with Crippen molar-refractivity contribution in [3.05, 3.63) is 39.1 Å². The number of halogens is 1. The highest BCUT2D eigenvalue weighted by Gasteiger charge is 2.21. The number of hydrogen-bond donors (Lipinski definition) is 1. The van der Waals surface area contributed by atoms with Crippen molar-refractivity contribution < 1.29 is 14.3 Å². The lowest BCUT2D eigenvalue weighted by molar-refractivity contribution is 0.0523. The summed E-state index contributed by atoms with van der Waals surface area (Å²) in [5.41, 5.74) is 0.958. The van der Waals surface area contributed by atoms with Crippen LogP contribution in [0.3, 0.4) is 0 Å². The average Bonchev–Trinajstić information content (AvgIpc) is 2.71. The zero-order valence-electron chi connectivity index (χ0n) is 10.6. The molecule has 1 heterocycles. The van der Waals surface area contributed by atoms with E-state index in [0.29, 0.717) is 23.6 Å². The molecule has 5 nitrogen and oxygen atoms in total. The molecule has 1 aromatic carbocycles. The number of ether oxygens (including phenoxy) is 2. The molecule has 0 saturated heterocycles. The molecular weight excluding hydrogens is 359 g/mol. The predicted molar refractivity (Wildman–Crippen MR) is 78.5 cm³/mol. The maximum Gasteiger partial charge on any atom is 0.345 e. The van der Waals surface area contributed by atoms with Crippen LogP contribution in [0, 0.1) is 10.5 Å². The first kappa shape index (κ1) is 13.9. The minimum atomic E-state index is -0.436. The van der Waals surface area contributed by atoms with E-state index in [1.807, 2.05) is 18.2 Å². The van der Waals surface area contributed by atoms with Crippen molar-refractivity contribution in [2.24, 2.45) is 0 Å². The van der Waals surface area contributed by atoms with Gasteiger partial charge in [-0.1, -0.05) is 6.07 Å². The second kappa shape index (κ2) is 6.05. The number of esters is 1. The molecule has 2 aromatic rings. The largest absolute Gasteiger partial charge is 0.462 e. The Morgan fingerprint density at radius 3 is 2.95 bits per heavy atom. The van der Waals surface area contributed by atoms with Crippen LogP contribution in [0.5, 0.6) is 11.6 Å². The van der Waals surface area contributed by atoms with Gasteiger partial charge in [0.15, 0.2) is 0 Å². The van der Waals surface area contributed by atoms with Crippen molar-refractivity contribution in [3.8, 4) is 11.6 Å². The number of carbonyl (C=O) groups excluding carboxylic acids is 1. The van der Waals surface area contributed by atoms with Gasteiger partial charge in [-0.05, 0) is 54.6 Å². The van der Waals surface area contributed by atoms with Crippen LogP contribution in [0.15, 0.2) is 24.3 Å². The number of aryl methyl sites for hydroxylation is 1. The van der Waals surface area contributed by atoms with Gasteiger partial charge in [0.2, 0.25) is 0 Å². The predicted octanol–water partition coefficient (Wildman–Crippen LogP) is 3.29. The quantitative estimate of drug-likeness (QED) is 0.661. The zero-order chi connectivity index (χ0) is 13.8. The summed E-state index contributed by atoms with van der Waals surface area (Å²) in [6.07, 6.45) is 0. The van der Waals surface area contributed by atoms with Gasteiger partial charge in [0.05, 0.1) is 12.3 Å². The summed E-state index contributed by atoms with van der Waals surface area (Å²) < 4.78 is 11.7. The second-order valence-electron chi connectivity index (χ2n) is 3.81. The van der Waals surface area contributed by atoms with E-state index in [9.17, 15) is 4.79 Å². The second-order valence-corrected chi connectivity index (χ2v) is 5.05. The molecular formula is C13H13IN2O3. The number of aromatic nitrogens is 2. The van der Waals surface area contributed by atoms with E-state index in [0.717, 1.165) is 3.57 Å². The van der Waals surface area contributed by atoms with Gasteiger partial charge in [0.1, 0.15) is 11.3 Å². The molecule has 0 fully saturated rings. The van der Waals surface area contributed by atoms with E-state index < -0.39 is 5.97 Å². The molecule has 0 radical (unpaired) electrons. The molecule has 2 rings (SSSR count). The number of H-pyrrole nitrogens is 1. The third kappa shape index (κ3) is 3.25. The van der Waals surface area contributed by atoms with Gasteiger partial charge in [-0.3, -0.25) is 5.10 Å². The first-order valence-electron chi connectivity index (χ1n) is 5.77. The number of benzene rings is 1. The Kier molecular flexibility index (Phi) is 4.41. The summed E-state index contributed by atoms with van der Waals surface area (Å²) in [5.74, 6) is 0.427. The fraction of sp³-hybridized carbons (Fsp3) is 0.231. The van der Waals surface area contributed by atoms with E-state index in [2.05, 4.69) is 32.8 Å². The van der Waals surface area contributed by atoms with Crippen LogP contribution < -0.4 is 4.74 Å². The number of carbonyl (C=O) groups is 1. The fourth-order valence-electron chi connectivity index (χ4n) is 1.57. The van der Waals surface area contributed by atoms with E-state index in [4.69, 9.17) is 9.47 Å². The van der Waals surface area contributed by atoms with Crippen LogP contribution in [0.1, 0.15) is 23.0 Å². The maximum absolute atomic E-state index is 11.8. The van der Waals surface area contributed by atoms with Gasteiger partial charge < -0.3 is 9.47 Å². The Bertz CT molecular complexity index is 595. The molecule has 0 aliphatic carbocycles. The minimum Gasteiger partial charge on any atom is -0.462 e. The van der Waals surface area contributed by atoms with E-state index in [1.54, 1.807) is 19.9 Å². The Balaban J connectivity index is 2.28. The van der Waals surface area contributed by atoms with Crippen molar-refractivity contribution in [3.63, 3.8) is 0 Å². The number of nitrogens with one attached hydrogen (secondary N) is 1. The maximum atomic E-state index is 11.8. The highest BCUT2D eigenvalue weighted by atomic mass is 127. The van der Waals surface area contributed by atoms with Gasteiger partial charge >= 0.3 is 5.97 Å². The molecule has 6 heteroatoms. The lowest BCUT2D eigenvalue weighted by Crippen LogP contribution is -2.06. The van der Waals surface area contributed by atoms with Crippen molar-refractivity contribution >= 4 is 28.6 Å². The molecule has 0 amide bonds. The lowest BCUT2D eigenvalue weighted by Gasteiger charge is -2.06. The SMILES string of the molecule is CCOC(=O)c1c(Oc2cccc(I)c2)n[nH]c1C. The van der Waals surface area contributed by atoms with Crippen molar-refractivity contribution in [1.82, 2.24) is 10.2 Å². The molecule has 0 unspecified atom stereocenters. The topological polar surface area (TPSA) is 64.2 Å². The summed E-state index contributed by atoms with van der Waals surface area (Å²) in [5, 5.41) is 6.73. The molecule has 0 aliphatic heterocycles. The normalized spacial score (nSPS) is 10.3. The Hall–Kier alpha value is -1.57. The smallest absolute Gasteiger partial charge is 0.345 e. The minimum absolute atomic E-state index is 0.234. The highest BCUT2D eigenvalue weighted by molar-refractivity contribution is 14.1. The van der Waals surface area contributed by atoms with Crippen LogP contribution in [0.25, 0.3) is 0 Å². The van der Waals surface area contributed by atoms with Gasteiger partial charge in [0, 0.05) is 3.57 Å². The number of hydrogen-bond acceptors (Lipinski definition) is 4. The monoisotopic (exact) mass is 372 g/mol. The Morgan fingerprint density at radius 1 is 1.47 bits per heavy atom. The zero-order valence-corrected chi connectivity index (χ0v) is 12.7. The summed E-state index contributed by atoms with van der Waals surface area (Å²) in [7, 11) is 0. The molecule has 1 aromatic heterocycles. The molecule has 1 N–H and O–H groups in total. The third-order valence-electron chi connectivity index (χ3n) is 2.40. The Morgan fingerprint density at radius 2 is 2.26 bits per heavy atom. The molecule has 0 aliphatic rings. The van der Waals surface area contributed by atoms with E-state index in [1.165, 1.54) is 0 Å².